The van der Waals surface area contributed by atoms with Crippen molar-refractivity contribution in [3.63, 3.8) is 0 Å². The zero-order chi connectivity index (χ0) is 8.43. The molecule has 1 unspecified atom stereocenters. The molecule has 1 aliphatic rings. The van der Waals surface area contributed by atoms with E-state index in [1.807, 2.05) is 0 Å². The summed E-state index contributed by atoms with van der Waals surface area (Å²) in [7, 11) is 0. The van der Waals surface area contributed by atoms with Gasteiger partial charge in [-0.15, -0.1) is 11.6 Å². The van der Waals surface area contributed by atoms with E-state index in [2.05, 4.69) is 20.8 Å². The monoisotopic (exact) mass is 176 g/mol. The van der Waals surface area contributed by atoms with Gasteiger partial charge in [-0.05, 0) is 25.7 Å². The topological polar surface area (TPSA) is 9.23 Å². The van der Waals surface area contributed by atoms with Crippen LogP contribution in [-0.4, -0.2) is 17.6 Å². The van der Waals surface area contributed by atoms with Crippen LogP contribution < -0.4 is 0 Å². The van der Waals surface area contributed by atoms with Gasteiger partial charge in [-0.2, -0.15) is 0 Å². The van der Waals surface area contributed by atoms with Crippen molar-refractivity contribution >= 4 is 11.6 Å². The number of hydrogen-bond donors (Lipinski definition) is 0. The lowest BCUT2D eigenvalue weighted by molar-refractivity contribution is -0.0592. The van der Waals surface area contributed by atoms with Gasteiger partial charge in [0.25, 0.3) is 0 Å². The highest BCUT2D eigenvalue weighted by Crippen LogP contribution is 2.29. The van der Waals surface area contributed by atoms with Gasteiger partial charge in [0.1, 0.15) is 0 Å². The summed E-state index contributed by atoms with van der Waals surface area (Å²) in [6, 6.07) is 0. The lowest BCUT2D eigenvalue weighted by atomic mass is 9.94. The van der Waals surface area contributed by atoms with E-state index in [-0.39, 0.29) is 0 Å². The van der Waals surface area contributed by atoms with Crippen molar-refractivity contribution < 1.29 is 4.74 Å². The zero-order valence-corrected chi connectivity index (χ0v) is 8.27. The summed E-state index contributed by atoms with van der Waals surface area (Å²) in [5.41, 5.74) is 0. The molecule has 0 bridgehead atoms. The van der Waals surface area contributed by atoms with E-state index in [1.54, 1.807) is 0 Å². The number of rotatable bonds is 3. The van der Waals surface area contributed by atoms with Crippen LogP contribution >= 0.6 is 11.6 Å². The Kier molecular flexibility index (Phi) is 3.20. The van der Waals surface area contributed by atoms with Crippen LogP contribution in [0.2, 0.25) is 0 Å². The van der Waals surface area contributed by atoms with Crippen LogP contribution in [0, 0.1) is 5.92 Å². The maximum atomic E-state index is 5.83. The molecule has 0 aliphatic heterocycles. The Balaban J connectivity index is 2.11. The maximum Gasteiger partial charge on any atom is 0.0607 e. The average Bonchev–Trinajstić information content (AvgIpc) is 1.84. The maximum absolute atomic E-state index is 5.83. The first-order valence-corrected chi connectivity index (χ1v) is 4.82. The molecule has 0 N–H and O–H groups in total. The average molecular weight is 177 g/mol. The van der Waals surface area contributed by atoms with E-state index in [0.717, 1.165) is 12.8 Å². The standard InChI is InChI=1S/C9H17ClO/c1-6(2)7(3)11-9-4-8(10)5-9/h6-9H,4-5H2,1-3H3. The van der Waals surface area contributed by atoms with Gasteiger partial charge in [-0.1, -0.05) is 13.8 Å². The third kappa shape index (κ3) is 2.64. The minimum atomic E-state index is 0.374. The first kappa shape index (κ1) is 9.34. The van der Waals surface area contributed by atoms with Crippen LogP contribution in [0.15, 0.2) is 0 Å². The molecule has 2 heteroatoms. The fourth-order valence-electron chi connectivity index (χ4n) is 1.07. The van der Waals surface area contributed by atoms with Gasteiger partial charge in [0.2, 0.25) is 0 Å². The molecule has 0 heterocycles. The molecule has 11 heavy (non-hydrogen) atoms. The smallest absolute Gasteiger partial charge is 0.0607 e. The van der Waals surface area contributed by atoms with Gasteiger partial charge in [-0.3, -0.25) is 0 Å². The fourth-order valence-corrected chi connectivity index (χ4v) is 1.47. The molecule has 0 spiro atoms. The predicted molar refractivity (Wildman–Crippen MR) is 48.0 cm³/mol. The second-order valence-corrected chi connectivity index (χ2v) is 4.39. The fraction of sp³-hybridized carbons (Fsp3) is 1.00. The van der Waals surface area contributed by atoms with E-state index < -0.39 is 0 Å². The van der Waals surface area contributed by atoms with Crippen molar-refractivity contribution in [2.45, 2.75) is 51.2 Å². The third-order valence-electron chi connectivity index (χ3n) is 2.38. The van der Waals surface area contributed by atoms with Crippen molar-refractivity contribution in [1.82, 2.24) is 0 Å². The molecular weight excluding hydrogens is 160 g/mol. The van der Waals surface area contributed by atoms with Gasteiger partial charge < -0.3 is 4.74 Å². The Morgan fingerprint density at radius 2 is 1.82 bits per heavy atom. The Hall–Kier alpha value is 0.250. The number of halogens is 1. The number of alkyl halides is 1. The summed E-state index contributed by atoms with van der Waals surface area (Å²) in [6.07, 6.45) is 2.90. The van der Waals surface area contributed by atoms with Crippen LogP contribution in [0.3, 0.4) is 0 Å². The molecular formula is C9H17ClO. The molecule has 1 aliphatic carbocycles. The van der Waals surface area contributed by atoms with Crippen molar-refractivity contribution in [3.8, 4) is 0 Å². The summed E-state index contributed by atoms with van der Waals surface area (Å²) in [5.74, 6) is 0.615. The molecule has 1 rings (SSSR count). The molecule has 1 atom stereocenters. The minimum absolute atomic E-state index is 0.374. The summed E-state index contributed by atoms with van der Waals surface area (Å²) in [5, 5.41) is 0.374. The van der Waals surface area contributed by atoms with Crippen molar-refractivity contribution in [2.24, 2.45) is 5.92 Å². The van der Waals surface area contributed by atoms with Crippen LogP contribution in [0.5, 0.6) is 0 Å². The van der Waals surface area contributed by atoms with Crippen molar-refractivity contribution in [3.05, 3.63) is 0 Å². The van der Waals surface area contributed by atoms with Gasteiger partial charge in [0, 0.05) is 5.38 Å². The quantitative estimate of drug-likeness (QED) is 0.601. The first-order valence-electron chi connectivity index (χ1n) is 4.39. The van der Waals surface area contributed by atoms with Crippen molar-refractivity contribution in [1.29, 1.82) is 0 Å². The van der Waals surface area contributed by atoms with E-state index in [0.29, 0.717) is 23.5 Å². The number of ether oxygens (including phenoxy) is 1. The molecule has 0 saturated heterocycles. The van der Waals surface area contributed by atoms with E-state index in [4.69, 9.17) is 16.3 Å². The predicted octanol–water partition coefficient (Wildman–Crippen LogP) is 2.82. The third-order valence-corrected chi connectivity index (χ3v) is 2.74. The summed E-state index contributed by atoms with van der Waals surface area (Å²) >= 11 is 5.83. The minimum Gasteiger partial charge on any atom is -0.375 e. The molecule has 0 amide bonds. The van der Waals surface area contributed by atoms with Gasteiger partial charge >= 0.3 is 0 Å². The molecule has 0 aromatic carbocycles. The highest BCUT2D eigenvalue weighted by atomic mass is 35.5. The molecule has 1 fully saturated rings. The van der Waals surface area contributed by atoms with Gasteiger partial charge in [0.15, 0.2) is 0 Å². The Labute approximate surface area is 74.1 Å². The van der Waals surface area contributed by atoms with Gasteiger partial charge in [0.05, 0.1) is 12.2 Å². The highest BCUT2D eigenvalue weighted by Gasteiger charge is 2.29. The van der Waals surface area contributed by atoms with Crippen LogP contribution in [0.4, 0.5) is 0 Å². The molecule has 1 saturated carbocycles. The Morgan fingerprint density at radius 3 is 2.18 bits per heavy atom. The van der Waals surface area contributed by atoms with Crippen LogP contribution in [0.1, 0.15) is 33.6 Å². The zero-order valence-electron chi connectivity index (χ0n) is 7.51. The first-order chi connectivity index (χ1) is 5.09. The largest absolute Gasteiger partial charge is 0.375 e. The second-order valence-electron chi connectivity index (χ2n) is 3.78. The highest BCUT2D eigenvalue weighted by molar-refractivity contribution is 6.21. The molecule has 1 nitrogen and oxygen atoms in total. The molecule has 66 valence electrons. The van der Waals surface area contributed by atoms with Gasteiger partial charge in [-0.25, -0.2) is 0 Å². The summed E-state index contributed by atoms with van der Waals surface area (Å²) < 4.78 is 5.73. The Bertz CT molecular complexity index is 119. The van der Waals surface area contributed by atoms with E-state index >= 15 is 0 Å². The molecule has 0 aromatic rings. The normalized spacial score (nSPS) is 33.5. The molecule has 0 aromatic heterocycles. The summed E-state index contributed by atoms with van der Waals surface area (Å²) in [6.45, 7) is 6.50. The molecule has 0 radical (unpaired) electrons. The lowest BCUT2D eigenvalue weighted by Crippen LogP contribution is -2.35. The lowest BCUT2D eigenvalue weighted by Gasteiger charge is -2.34. The number of hydrogen-bond acceptors (Lipinski definition) is 1. The summed E-state index contributed by atoms with van der Waals surface area (Å²) in [4.78, 5) is 0. The van der Waals surface area contributed by atoms with E-state index in [1.165, 1.54) is 0 Å². The van der Waals surface area contributed by atoms with E-state index in [9.17, 15) is 0 Å². The van der Waals surface area contributed by atoms with Crippen LogP contribution in [0.25, 0.3) is 0 Å². The van der Waals surface area contributed by atoms with Crippen molar-refractivity contribution in [2.75, 3.05) is 0 Å². The Morgan fingerprint density at radius 1 is 1.27 bits per heavy atom. The second kappa shape index (κ2) is 3.77. The van der Waals surface area contributed by atoms with Crippen LogP contribution in [-0.2, 0) is 4.74 Å². The SMILES string of the molecule is CC(C)C(C)OC1CC(Cl)C1.